The van der Waals surface area contributed by atoms with Crippen molar-refractivity contribution in [3.05, 3.63) is 65.7 Å². The average molecular weight is 479 g/mol. The number of hydrogen-bond acceptors (Lipinski definition) is 8. The molecule has 11 heteroatoms. The number of nitrogens with one attached hydrogen (secondary N) is 2. The van der Waals surface area contributed by atoms with Crippen LogP contribution in [0.15, 0.2) is 63.6 Å². The molecule has 0 saturated carbocycles. The molecule has 35 heavy (non-hydrogen) atoms. The number of alkyl halides is 1. The van der Waals surface area contributed by atoms with Crippen LogP contribution in [0.1, 0.15) is 24.2 Å². The Labute approximate surface area is 199 Å². The quantitative estimate of drug-likeness (QED) is 0.311. The molecule has 0 fully saturated rings. The minimum atomic E-state index is -1.39. The van der Waals surface area contributed by atoms with E-state index in [4.69, 9.17) is 9.05 Å². The zero-order valence-corrected chi connectivity index (χ0v) is 18.7. The van der Waals surface area contributed by atoms with Crippen molar-refractivity contribution in [3.8, 4) is 34.3 Å². The van der Waals surface area contributed by atoms with Crippen LogP contribution in [0.4, 0.5) is 4.39 Å². The number of aliphatic hydroxyl groups is 1. The van der Waals surface area contributed by atoms with Gasteiger partial charge in [0.05, 0.1) is 5.56 Å². The molecule has 2 amide bonds. The van der Waals surface area contributed by atoms with Gasteiger partial charge in [-0.25, -0.2) is 4.39 Å². The van der Waals surface area contributed by atoms with Gasteiger partial charge in [0.15, 0.2) is 6.10 Å². The number of benzene rings is 2. The zero-order valence-electron chi connectivity index (χ0n) is 18.7. The summed E-state index contributed by atoms with van der Waals surface area (Å²) in [5, 5.41) is 23.2. The van der Waals surface area contributed by atoms with Crippen LogP contribution in [0.25, 0.3) is 34.3 Å². The number of rotatable bonds is 9. The summed E-state index contributed by atoms with van der Waals surface area (Å²) in [6.45, 7) is 0.987. The third-order valence-electron chi connectivity index (χ3n) is 5.12. The van der Waals surface area contributed by atoms with Crippen LogP contribution in [0.3, 0.4) is 0 Å². The van der Waals surface area contributed by atoms with Gasteiger partial charge < -0.3 is 24.8 Å². The second-order valence-corrected chi connectivity index (χ2v) is 7.56. The normalized spacial score (nSPS) is 11.7. The Morgan fingerprint density at radius 2 is 1.69 bits per heavy atom. The van der Waals surface area contributed by atoms with E-state index in [1.807, 2.05) is 18.2 Å². The molecule has 2 aromatic carbocycles. The molecule has 0 aliphatic rings. The van der Waals surface area contributed by atoms with E-state index >= 15 is 0 Å². The van der Waals surface area contributed by atoms with Crippen molar-refractivity contribution in [2.24, 2.45) is 0 Å². The number of carbonyl (C=O) groups is 2. The molecule has 1 unspecified atom stereocenters. The highest BCUT2D eigenvalue weighted by Gasteiger charge is 2.24. The summed E-state index contributed by atoms with van der Waals surface area (Å²) in [6.07, 6.45) is -1.39. The van der Waals surface area contributed by atoms with Gasteiger partial charge in [-0.05, 0) is 5.56 Å². The van der Waals surface area contributed by atoms with Crippen LogP contribution in [0.2, 0.25) is 0 Å². The molecule has 0 bridgehead atoms. The monoisotopic (exact) mass is 479 g/mol. The van der Waals surface area contributed by atoms with Gasteiger partial charge in [0, 0.05) is 31.1 Å². The molecule has 1 atom stereocenters. The molecule has 0 aliphatic heterocycles. The molecule has 0 aliphatic carbocycles. The Morgan fingerprint density at radius 1 is 0.971 bits per heavy atom. The van der Waals surface area contributed by atoms with E-state index < -0.39 is 18.7 Å². The molecule has 0 radical (unpaired) electrons. The van der Waals surface area contributed by atoms with Crippen LogP contribution in [-0.2, 0) is 16.3 Å². The fourth-order valence-corrected chi connectivity index (χ4v) is 3.34. The van der Waals surface area contributed by atoms with Crippen molar-refractivity contribution in [1.82, 2.24) is 25.9 Å². The molecule has 180 valence electrons. The molecule has 3 N–H and O–H groups in total. The highest BCUT2D eigenvalue weighted by molar-refractivity contribution is 5.82. The molecular formula is C24H22FN5O5. The lowest BCUT2D eigenvalue weighted by Gasteiger charge is -2.12. The first-order chi connectivity index (χ1) is 17.0. The van der Waals surface area contributed by atoms with Crippen LogP contribution in [0, 0.1) is 0 Å². The Bertz CT molecular complexity index is 1300. The summed E-state index contributed by atoms with van der Waals surface area (Å²) in [5.74, 6) is -0.564. The summed E-state index contributed by atoms with van der Waals surface area (Å²) in [6, 6.07) is 15.4. The third-order valence-corrected chi connectivity index (χ3v) is 5.12. The minimum Gasteiger partial charge on any atom is -0.378 e. The van der Waals surface area contributed by atoms with Gasteiger partial charge in [0.1, 0.15) is 12.4 Å². The Morgan fingerprint density at radius 3 is 2.37 bits per heavy atom. The molecule has 0 spiro atoms. The Kier molecular flexibility index (Phi) is 7.27. The maximum absolute atomic E-state index is 13.8. The summed E-state index contributed by atoms with van der Waals surface area (Å²) in [5.41, 5.74) is 2.16. The zero-order chi connectivity index (χ0) is 24.8. The number of aromatic nitrogens is 3. The number of amides is 2. The van der Waals surface area contributed by atoms with E-state index in [0.717, 1.165) is 0 Å². The largest absolute Gasteiger partial charge is 0.378 e. The Hall–Kier alpha value is -4.38. The second-order valence-electron chi connectivity index (χ2n) is 7.56. The van der Waals surface area contributed by atoms with E-state index in [2.05, 4.69) is 25.9 Å². The van der Waals surface area contributed by atoms with Crippen molar-refractivity contribution in [3.63, 3.8) is 0 Å². The maximum atomic E-state index is 13.8. The molecule has 4 rings (SSSR count). The first-order valence-electron chi connectivity index (χ1n) is 10.7. The summed E-state index contributed by atoms with van der Waals surface area (Å²) in [4.78, 5) is 27.2. The van der Waals surface area contributed by atoms with E-state index in [1.54, 1.807) is 36.4 Å². The molecule has 10 nitrogen and oxygen atoms in total. The average Bonchev–Trinajstić information content (AvgIpc) is 3.53. The van der Waals surface area contributed by atoms with E-state index in [1.165, 1.54) is 6.92 Å². The topological polar surface area (TPSA) is 143 Å². The van der Waals surface area contributed by atoms with Crippen LogP contribution >= 0.6 is 0 Å². The van der Waals surface area contributed by atoms with E-state index in [9.17, 15) is 19.1 Å². The minimum absolute atomic E-state index is 0.0232. The number of hydrogen-bond donors (Lipinski definition) is 3. The smallest absolute Gasteiger partial charge is 0.297 e. The molecule has 2 aromatic heterocycles. The predicted octanol–water partition coefficient (Wildman–Crippen LogP) is 2.81. The molecular weight excluding hydrogens is 457 g/mol. The van der Waals surface area contributed by atoms with Crippen LogP contribution < -0.4 is 10.6 Å². The fourth-order valence-electron chi connectivity index (χ4n) is 3.34. The lowest BCUT2D eigenvalue weighted by molar-refractivity contribution is -0.129. The van der Waals surface area contributed by atoms with Gasteiger partial charge >= 0.3 is 0 Å². The standard InChI is InChI=1S/C24H22FN5O5/c1-14(31)26-11-12-27-23(33)20(32)16-7-9-17(10-8-16)22-28-24(35-30-22)21-18(13-25)19(29-34-21)15-5-3-2-4-6-15/h2-10,20,32H,11-13H2,1H3,(H,26,31)(H,27,33). The first-order valence-corrected chi connectivity index (χ1v) is 10.7. The summed E-state index contributed by atoms with van der Waals surface area (Å²) in [7, 11) is 0. The molecule has 4 aromatic rings. The van der Waals surface area contributed by atoms with Gasteiger partial charge in [-0.1, -0.05) is 64.9 Å². The van der Waals surface area contributed by atoms with E-state index in [-0.39, 0.29) is 42.0 Å². The SMILES string of the molecule is CC(=O)NCCNC(=O)C(O)c1ccc(-c2noc(-c3onc(-c4ccccc4)c3CF)n2)cc1. The highest BCUT2D eigenvalue weighted by Crippen LogP contribution is 2.33. The molecule has 2 heterocycles. The number of nitrogens with zero attached hydrogens (tertiary/aromatic N) is 3. The van der Waals surface area contributed by atoms with Crippen LogP contribution in [-0.4, -0.2) is 45.3 Å². The van der Waals surface area contributed by atoms with Crippen molar-refractivity contribution in [2.75, 3.05) is 13.1 Å². The lowest BCUT2D eigenvalue weighted by atomic mass is 10.1. The van der Waals surface area contributed by atoms with E-state index in [0.29, 0.717) is 22.4 Å². The van der Waals surface area contributed by atoms with Gasteiger partial charge in [0.25, 0.3) is 11.8 Å². The van der Waals surface area contributed by atoms with Crippen molar-refractivity contribution >= 4 is 11.8 Å². The number of carbonyl (C=O) groups excluding carboxylic acids is 2. The lowest BCUT2D eigenvalue weighted by Crippen LogP contribution is -2.36. The van der Waals surface area contributed by atoms with Gasteiger partial charge in [-0.3, -0.25) is 9.59 Å². The van der Waals surface area contributed by atoms with Crippen molar-refractivity contribution in [2.45, 2.75) is 19.7 Å². The highest BCUT2D eigenvalue weighted by atomic mass is 19.1. The maximum Gasteiger partial charge on any atom is 0.297 e. The number of halogens is 1. The summed E-state index contributed by atoms with van der Waals surface area (Å²) >= 11 is 0. The second kappa shape index (κ2) is 10.7. The fraction of sp³-hybridized carbons (Fsp3) is 0.208. The molecule has 0 saturated heterocycles. The van der Waals surface area contributed by atoms with Gasteiger partial charge in [0.2, 0.25) is 17.5 Å². The van der Waals surface area contributed by atoms with Crippen molar-refractivity contribution in [1.29, 1.82) is 0 Å². The van der Waals surface area contributed by atoms with Gasteiger partial charge in [-0.15, -0.1) is 0 Å². The van der Waals surface area contributed by atoms with Gasteiger partial charge in [-0.2, -0.15) is 4.98 Å². The number of aliphatic hydroxyl groups excluding tert-OH is 1. The predicted molar refractivity (Wildman–Crippen MR) is 122 cm³/mol. The third kappa shape index (κ3) is 5.41. The van der Waals surface area contributed by atoms with Crippen molar-refractivity contribution < 1.29 is 28.1 Å². The first kappa shape index (κ1) is 23.8. The van der Waals surface area contributed by atoms with Crippen LogP contribution in [0.5, 0.6) is 0 Å². The Balaban J connectivity index is 1.46. The summed E-state index contributed by atoms with van der Waals surface area (Å²) < 4.78 is 24.4.